The van der Waals surface area contributed by atoms with Gasteiger partial charge in [0.15, 0.2) is 0 Å². The summed E-state index contributed by atoms with van der Waals surface area (Å²) in [5.74, 6) is 5.24. The molecule has 0 radical (unpaired) electrons. The number of anilines is 1. The van der Waals surface area contributed by atoms with Crippen LogP contribution in [0.4, 0.5) is 5.69 Å². The third-order valence-corrected chi connectivity index (χ3v) is 3.25. The molecule has 0 aliphatic rings. The van der Waals surface area contributed by atoms with E-state index in [-0.39, 0.29) is 12.5 Å². The number of benzene rings is 2. The number of hydrogen-bond donors (Lipinski definition) is 2. The predicted octanol–water partition coefficient (Wildman–Crippen LogP) is 2.90. The van der Waals surface area contributed by atoms with Gasteiger partial charge in [0.2, 0.25) is 0 Å². The lowest BCUT2D eigenvalue weighted by atomic mass is 10.1. The average Bonchev–Trinajstić information content (AvgIpc) is 2.49. The molecule has 0 aromatic heterocycles. The molecule has 2 aromatic rings. The maximum atomic E-state index is 12.3. The summed E-state index contributed by atoms with van der Waals surface area (Å²) in [5, 5.41) is 11.6. The molecule has 0 saturated heterocycles. The van der Waals surface area contributed by atoms with E-state index in [2.05, 4.69) is 17.2 Å². The van der Waals surface area contributed by atoms with Gasteiger partial charge in [0.25, 0.3) is 5.91 Å². The first kappa shape index (κ1) is 14.8. The molecular weight excluding hydrogens is 262 g/mol. The highest BCUT2D eigenvalue weighted by Gasteiger charge is 2.08. The van der Waals surface area contributed by atoms with Crippen LogP contribution >= 0.6 is 0 Å². The number of carbonyl (C=O) groups is 1. The second-order valence-electron chi connectivity index (χ2n) is 4.76. The van der Waals surface area contributed by atoms with Crippen LogP contribution in [0, 0.1) is 25.7 Å². The highest BCUT2D eigenvalue weighted by atomic mass is 16.2. The van der Waals surface area contributed by atoms with E-state index in [1.807, 2.05) is 38.1 Å². The quantitative estimate of drug-likeness (QED) is 0.830. The van der Waals surface area contributed by atoms with Crippen molar-refractivity contribution in [3.63, 3.8) is 0 Å². The van der Waals surface area contributed by atoms with Gasteiger partial charge in [-0.15, -0.1) is 0 Å². The molecular formula is C18H17NO2. The minimum Gasteiger partial charge on any atom is -0.384 e. The fourth-order valence-corrected chi connectivity index (χ4v) is 1.91. The maximum Gasteiger partial charge on any atom is 0.255 e. The normalized spacial score (nSPS) is 9.67. The van der Waals surface area contributed by atoms with E-state index in [1.54, 1.807) is 18.2 Å². The highest BCUT2D eigenvalue weighted by molar-refractivity contribution is 6.05. The molecule has 3 nitrogen and oxygen atoms in total. The number of aryl methyl sites for hydroxylation is 2. The van der Waals surface area contributed by atoms with Crippen molar-refractivity contribution in [2.24, 2.45) is 0 Å². The van der Waals surface area contributed by atoms with Gasteiger partial charge in [-0.25, -0.2) is 0 Å². The van der Waals surface area contributed by atoms with Crippen molar-refractivity contribution in [2.45, 2.75) is 13.8 Å². The Kier molecular flexibility index (Phi) is 4.76. The Labute approximate surface area is 124 Å². The average molecular weight is 279 g/mol. The van der Waals surface area contributed by atoms with Crippen molar-refractivity contribution in [1.29, 1.82) is 0 Å². The van der Waals surface area contributed by atoms with Crippen molar-refractivity contribution in [3.05, 3.63) is 64.7 Å². The van der Waals surface area contributed by atoms with Gasteiger partial charge in [0.05, 0.1) is 5.69 Å². The topological polar surface area (TPSA) is 49.3 Å². The summed E-state index contributed by atoms with van der Waals surface area (Å²) in [4.78, 5) is 12.3. The largest absolute Gasteiger partial charge is 0.384 e. The summed E-state index contributed by atoms with van der Waals surface area (Å²) in [6.07, 6.45) is 0. The van der Waals surface area contributed by atoms with Gasteiger partial charge in [-0.2, -0.15) is 0 Å². The van der Waals surface area contributed by atoms with Gasteiger partial charge < -0.3 is 10.4 Å². The molecule has 3 heteroatoms. The van der Waals surface area contributed by atoms with Crippen molar-refractivity contribution in [3.8, 4) is 11.8 Å². The fourth-order valence-electron chi connectivity index (χ4n) is 1.91. The number of para-hydroxylation sites is 1. The van der Waals surface area contributed by atoms with E-state index < -0.39 is 0 Å². The van der Waals surface area contributed by atoms with Gasteiger partial charge >= 0.3 is 0 Å². The third kappa shape index (κ3) is 3.71. The minimum absolute atomic E-state index is 0.170. The van der Waals surface area contributed by atoms with Crippen LogP contribution in [0.15, 0.2) is 42.5 Å². The van der Waals surface area contributed by atoms with Crippen LogP contribution in [-0.2, 0) is 0 Å². The van der Waals surface area contributed by atoms with Crippen LogP contribution in [0.2, 0.25) is 0 Å². The Morgan fingerprint density at radius 2 is 1.90 bits per heavy atom. The molecule has 0 bridgehead atoms. The molecule has 0 aliphatic heterocycles. The van der Waals surface area contributed by atoms with Crippen LogP contribution in [0.3, 0.4) is 0 Å². The van der Waals surface area contributed by atoms with Crippen molar-refractivity contribution in [2.75, 3.05) is 11.9 Å². The Morgan fingerprint density at radius 3 is 2.62 bits per heavy atom. The first-order chi connectivity index (χ1) is 10.1. The van der Waals surface area contributed by atoms with Crippen molar-refractivity contribution >= 4 is 11.6 Å². The van der Waals surface area contributed by atoms with E-state index >= 15 is 0 Å². The zero-order valence-electron chi connectivity index (χ0n) is 12.1. The second kappa shape index (κ2) is 6.74. The molecule has 0 atom stereocenters. The molecule has 2 aromatic carbocycles. The number of aliphatic hydroxyl groups is 1. The first-order valence-electron chi connectivity index (χ1n) is 6.69. The molecule has 0 saturated carbocycles. The van der Waals surface area contributed by atoms with Crippen LogP contribution in [0.1, 0.15) is 27.0 Å². The van der Waals surface area contributed by atoms with Crippen LogP contribution in [0.25, 0.3) is 0 Å². The summed E-state index contributed by atoms with van der Waals surface area (Å²) in [6, 6.07) is 12.9. The molecule has 0 spiro atoms. The number of amides is 1. The number of aliphatic hydroxyl groups excluding tert-OH is 1. The molecule has 106 valence electrons. The van der Waals surface area contributed by atoms with Gasteiger partial charge in [-0.3, -0.25) is 4.79 Å². The summed E-state index contributed by atoms with van der Waals surface area (Å²) >= 11 is 0. The Hall–Kier alpha value is -2.57. The van der Waals surface area contributed by atoms with E-state index in [9.17, 15) is 4.79 Å². The van der Waals surface area contributed by atoms with Crippen LogP contribution in [-0.4, -0.2) is 17.6 Å². The molecule has 0 fully saturated rings. The van der Waals surface area contributed by atoms with Gasteiger partial charge in [-0.1, -0.05) is 30.0 Å². The second-order valence-corrected chi connectivity index (χ2v) is 4.76. The standard InChI is InChI=1S/C18H17NO2/c1-13-9-10-16(12-14(13)2)18(21)19-17-8-4-3-6-15(17)7-5-11-20/h3-4,6,8-10,12,20H,11H2,1-2H3,(H,19,21). The van der Waals surface area contributed by atoms with Gasteiger partial charge in [-0.05, 0) is 49.2 Å². The summed E-state index contributed by atoms with van der Waals surface area (Å²) in [5.41, 5.74) is 4.17. The van der Waals surface area contributed by atoms with Crippen molar-refractivity contribution in [1.82, 2.24) is 0 Å². The van der Waals surface area contributed by atoms with Gasteiger partial charge in [0.1, 0.15) is 6.61 Å². The van der Waals surface area contributed by atoms with E-state index in [4.69, 9.17) is 5.11 Å². The molecule has 0 aliphatic carbocycles. The summed E-state index contributed by atoms with van der Waals surface area (Å²) in [6.45, 7) is 3.78. The highest BCUT2D eigenvalue weighted by Crippen LogP contribution is 2.16. The fraction of sp³-hybridized carbons (Fsp3) is 0.167. The van der Waals surface area contributed by atoms with E-state index in [0.29, 0.717) is 16.8 Å². The van der Waals surface area contributed by atoms with Gasteiger partial charge in [0, 0.05) is 11.1 Å². The lowest BCUT2D eigenvalue weighted by Crippen LogP contribution is -2.13. The smallest absolute Gasteiger partial charge is 0.255 e. The molecule has 21 heavy (non-hydrogen) atoms. The molecule has 0 unspecified atom stereocenters. The monoisotopic (exact) mass is 279 g/mol. The van der Waals surface area contributed by atoms with Crippen molar-refractivity contribution < 1.29 is 9.90 Å². The lowest BCUT2D eigenvalue weighted by molar-refractivity contribution is 0.102. The van der Waals surface area contributed by atoms with Crippen LogP contribution < -0.4 is 5.32 Å². The summed E-state index contributed by atoms with van der Waals surface area (Å²) in [7, 11) is 0. The lowest BCUT2D eigenvalue weighted by Gasteiger charge is -2.09. The third-order valence-electron chi connectivity index (χ3n) is 3.25. The molecule has 0 heterocycles. The Morgan fingerprint density at radius 1 is 1.14 bits per heavy atom. The molecule has 2 N–H and O–H groups in total. The SMILES string of the molecule is Cc1ccc(C(=O)Nc2ccccc2C#CCO)cc1C. The molecule has 2 rings (SSSR count). The number of rotatable bonds is 2. The number of hydrogen-bond acceptors (Lipinski definition) is 2. The zero-order valence-corrected chi connectivity index (χ0v) is 12.1. The minimum atomic E-state index is -0.209. The Balaban J connectivity index is 2.25. The number of nitrogens with one attached hydrogen (secondary N) is 1. The van der Waals surface area contributed by atoms with Crippen LogP contribution in [0.5, 0.6) is 0 Å². The predicted molar refractivity (Wildman–Crippen MR) is 84.3 cm³/mol. The first-order valence-corrected chi connectivity index (χ1v) is 6.69. The van der Waals surface area contributed by atoms with E-state index in [1.165, 1.54) is 0 Å². The number of carbonyl (C=O) groups excluding carboxylic acids is 1. The summed E-state index contributed by atoms with van der Waals surface area (Å²) < 4.78 is 0. The Bertz CT molecular complexity index is 723. The van der Waals surface area contributed by atoms with E-state index in [0.717, 1.165) is 11.1 Å². The molecule has 1 amide bonds. The zero-order chi connectivity index (χ0) is 15.2. The maximum absolute atomic E-state index is 12.3.